The number of nitrogens with zero attached hydrogens (tertiary/aromatic N) is 1. The second-order valence-corrected chi connectivity index (χ2v) is 2.65. The van der Waals surface area contributed by atoms with Crippen molar-refractivity contribution in [1.82, 2.24) is 5.23 Å². The van der Waals surface area contributed by atoms with Crippen molar-refractivity contribution >= 4 is 18.2 Å². The van der Waals surface area contributed by atoms with Gasteiger partial charge in [-0.05, 0) is 0 Å². The van der Waals surface area contributed by atoms with Crippen LogP contribution in [0.2, 0.25) is 0 Å². The maximum absolute atomic E-state index is 11.6. The van der Waals surface area contributed by atoms with Gasteiger partial charge in [0.1, 0.15) is 6.54 Å². The third-order valence-electron chi connectivity index (χ3n) is 1.78. The molecule has 0 spiro atoms. The van der Waals surface area contributed by atoms with Crippen molar-refractivity contribution in [2.45, 2.75) is 0 Å². The van der Waals surface area contributed by atoms with E-state index in [9.17, 15) is 4.79 Å². The molecule has 0 aliphatic heterocycles. The highest BCUT2D eigenvalue weighted by Gasteiger charge is 2.10. The molecular formula is C10H14ClNO3. The number of benzene rings is 1. The van der Waals surface area contributed by atoms with Crippen molar-refractivity contribution in [2.24, 2.45) is 0 Å². The predicted molar refractivity (Wildman–Crippen MR) is 58.7 cm³/mol. The quantitative estimate of drug-likeness (QED) is 0.571. The zero-order valence-corrected chi connectivity index (χ0v) is 9.49. The molecule has 0 atom stereocenters. The van der Waals surface area contributed by atoms with E-state index in [1.54, 1.807) is 12.1 Å². The summed E-state index contributed by atoms with van der Waals surface area (Å²) in [7, 11) is 2.89. The van der Waals surface area contributed by atoms with E-state index in [-0.39, 0.29) is 24.7 Å². The molecule has 0 saturated heterocycles. The van der Waals surface area contributed by atoms with Gasteiger partial charge in [0, 0.05) is 5.56 Å². The number of ketones is 1. The first-order valence-corrected chi connectivity index (χ1v) is 4.22. The molecule has 0 heterocycles. The summed E-state index contributed by atoms with van der Waals surface area (Å²) in [4.78, 5) is 21.1. The molecule has 1 aromatic carbocycles. The zero-order valence-electron chi connectivity index (χ0n) is 8.67. The van der Waals surface area contributed by atoms with Gasteiger partial charge >= 0.3 is 0 Å². The van der Waals surface area contributed by atoms with E-state index in [0.29, 0.717) is 5.56 Å². The maximum atomic E-state index is 11.6. The lowest BCUT2D eigenvalue weighted by Crippen LogP contribution is -2.27. The van der Waals surface area contributed by atoms with Crippen LogP contribution in [-0.2, 0) is 9.68 Å². The topological polar surface area (TPSA) is 38.8 Å². The number of Topliss-reactive ketones (excluding diaryl/α,β-unsaturated/α-hetero) is 1. The minimum absolute atomic E-state index is 0. The number of carbonyl (C=O) groups excluding carboxylic acids is 1. The van der Waals surface area contributed by atoms with E-state index in [4.69, 9.17) is 9.68 Å². The van der Waals surface area contributed by atoms with Gasteiger partial charge in [-0.3, -0.25) is 14.5 Å². The minimum atomic E-state index is -0.0469. The van der Waals surface area contributed by atoms with Gasteiger partial charge in [0.25, 0.3) is 0 Å². The van der Waals surface area contributed by atoms with Crippen LogP contribution in [0.1, 0.15) is 10.4 Å². The molecule has 0 aromatic heterocycles. The third-order valence-corrected chi connectivity index (χ3v) is 1.78. The van der Waals surface area contributed by atoms with Crippen LogP contribution in [0, 0.1) is 0 Å². The zero-order chi connectivity index (χ0) is 10.4. The number of hydrogen-bond acceptors (Lipinski definition) is 4. The number of halogens is 1. The monoisotopic (exact) mass is 231 g/mol. The summed E-state index contributed by atoms with van der Waals surface area (Å²) in [5, 5.41) is 1.12. The van der Waals surface area contributed by atoms with Crippen molar-refractivity contribution in [2.75, 3.05) is 20.8 Å². The van der Waals surface area contributed by atoms with Crippen LogP contribution in [0.15, 0.2) is 30.3 Å². The van der Waals surface area contributed by atoms with Crippen LogP contribution in [0.4, 0.5) is 0 Å². The van der Waals surface area contributed by atoms with Crippen molar-refractivity contribution in [3.05, 3.63) is 35.9 Å². The lowest BCUT2D eigenvalue weighted by molar-refractivity contribution is -0.335. The lowest BCUT2D eigenvalue weighted by atomic mass is 10.1. The molecule has 15 heavy (non-hydrogen) atoms. The van der Waals surface area contributed by atoms with Gasteiger partial charge < -0.3 is 0 Å². The summed E-state index contributed by atoms with van der Waals surface area (Å²) < 4.78 is 0. The van der Waals surface area contributed by atoms with Crippen LogP contribution >= 0.6 is 12.4 Å². The fraction of sp³-hybridized carbons (Fsp3) is 0.300. The normalized spacial score (nSPS) is 9.80. The summed E-state index contributed by atoms with van der Waals surface area (Å²) in [6, 6.07) is 9.01. The molecule has 0 amide bonds. The van der Waals surface area contributed by atoms with Gasteiger partial charge in [0.15, 0.2) is 5.78 Å². The standard InChI is InChI=1S/C10H13NO3.ClH/c1-13-11(14-2)8-10(12)9-6-4-3-5-7-9;/h3-7H,8H2,1-2H3;1H. The van der Waals surface area contributed by atoms with E-state index in [2.05, 4.69) is 0 Å². The second-order valence-electron chi connectivity index (χ2n) is 2.65. The Labute approximate surface area is 95.1 Å². The van der Waals surface area contributed by atoms with Gasteiger partial charge in [-0.2, -0.15) is 0 Å². The highest BCUT2D eigenvalue weighted by molar-refractivity contribution is 5.97. The Balaban J connectivity index is 0.00000196. The molecular weight excluding hydrogens is 218 g/mol. The number of hydrogen-bond donors (Lipinski definition) is 0. The summed E-state index contributed by atoms with van der Waals surface area (Å²) in [5.74, 6) is -0.0469. The molecule has 0 radical (unpaired) electrons. The summed E-state index contributed by atoms with van der Waals surface area (Å²) in [5.41, 5.74) is 0.645. The Morgan fingerprint density at radius 2 is 1.73 bits per heavy atom. The first kappa shape index (κ1) is 14.1. The molecule has 84 valence electrons. The van der Waals surface area contributed by atoms with Gasteiger partial charge in [0.2, 0.25) is 0 Å². The van der Waals surface area contributed by atoms with Crippen molar-refractivity contribution in [3.63, 3.8) is 0 Å². The largest absolute Gasteiger partial charge is 0.293 e. The molecule has 0 aliphatic rings. The first-order valence-electron chi connectivity index (χ1n) is 4.22. The fourth-order valence-corrected chi connectivity index (χ4v) is 1.04. The molecule has 0 bridgehead atoms. The van der Waals surface area contributed by atoms with Gasteiger partial charge in [0.05, 0.1) is 14.2 Å². The summed E-state index contributed by atoms with van der Waals surface area (Å²) >= 11 is 0. The highest BCUT2D eigenvalue weighted by Crippen LogP contribution is 2.01. The van der Waals surface area contributed by atoms with Gasteiger partial charge in [-0.15, -0.1) is 12.4 Å². The predicted octanol–water partition coefficient (Wildman–Crippen LogP) is 1.72. The van der Waals surface area contributed by atoms with Crippen molar-refractivity contribution in [3.8, 4) is 0 Å². The number of hydroxylamine groups is 2. The van der Waals surface area contributed by atoms with Crippen LogP contribution < -0.4 is 0 Å². The number of rotatable bonds is 5. The summed E-state index contributed by atoms with van der Waals surface area (Å²) in [6.07, 6.45) is 0. The Morgan fingerprint density at radius 3 is 2.20 bits per heavy atom. The maximum Gasteiger partial charge on any atom is 0.181 e. The molecule has 0 fully saturated rings. The lowest BCUT2D eigenvalue weighted by Gasteiger charge is -2.14. The Bertz CT molecular complexity index is 288. The van der Waals surface area contributed by atoms with E-state index >= 15 is 0 Å². The Hall–Kier alpha value is -0.940. The van der Waals surface area contributed by atoms with Crippen molar-refractivity contribution < 1.29 is 14.5 Å². The Morgan fingerprint density at radius 1 is 1.20 bits per heavy atom. The third kappa shape index (κ3) is 4.40. The van der Waals surface area contributed by atoms with Crippen LogP contribution in [-0.4, -0.2) is 31.8 Å². The molecule has 1 aromatic rings. The summed E-state index contributed by atoms with van der Waals surface area (Å²) in [6.45, 7) is 0.0804. The van der Waals surface area contributed by atoms with Crippen molar-refractivity contribution in [1.29, 1.82) is 0 Å². The smallest absolute Gasteiger partial charge is 0.181 e. The highest BCUT2D eigenvalue weighted by atomic mass is 35.5. The molecule has 0 unspecified atom stereocenters. The van der Waals surface area contributed by atoms with E-state index < -0.39 is 0 Å². The van der Waals surface area contributed by atoms with Crippen LogP contribution in [0.25, 0.3) is 0 Å². The first-order chi connectivity index (χ1) is 6.77. The average molecular weight is 232 g/mol. The SMILES string of the molecule is CON(CC(=O)c1ccccc1)OC.Cl. The van der Waals surface area contributed by atoms with Gasteiger partial charge in [-0.1, -0.05) is 35.6 Å². The van der Waals surface area contributed by atoms with Gasteiger partial charge in [-0.25, -0.2) is 0 Å². The van der Waals surface area contributed by atoms with Crippen LogP contribution in [0.5, 0.6) is 0 Å². The van der Waals surface area contributed by atoms with E-state index in [0.717, 1.165) is 5.23 Å². The molecule has 1 rings (SSSR count). The Kier molecular flexibility index (Phi) is 6.90. The average Bonchev–Trinajstić information content (AvgIpc) is 2.26. The molecule has 5 heteroatoms. The second kappa shape index (κ2) is 7.36. The molecule has 0 N–H and O–H groups in total. The number of carbonyl (C=O) groups is 1. The molecule has 0 saturated carbocycles. The van der Waals surface area contributed by atoms with Crippen LogP contribution in [0.3, 0.4) is 0 Å². The van der Waals surface area contributed by atoms with E-state index in [1.807, 2.05) is 18.2 Å². The molecule has 4 nitrogen and oxygen atoms in total. The minimum Gasteiger partial charge on any atom is -0.293 e. The fourth-order valence-electron chi connectivity index (χ4n) is 1.04. The van der Waals surface area contributed by atoms with E-state index in [1.165, 1.54) is 14.2 Å². The molecule has 0 aliphatic carbocycles.